The van der Waals surface area contributed by atoms with Gasteiger partial charge >= 0.3 is 0 Å². The Hall–Kier alpha value is -2.82. The number of ether oxygens (including phenoxy) is 1. The maximum Gasteiger partial charge on any atom is 0.222 e. The van der Waals surface area contributed by atoms with Crippen molar-refractivity contribution in [2.24, 2.45) is 0 Å². The largest absolute Gasteiger partial charge is 0.488 e. The molecule has 0 saturated carbocycles. The van der Waals surface area contributed by atoms with Crippen LogP contribution < -0.4 is 16.2 Å². The Labute approximate surface area is 163 Å². The lowest BCUT2D eigenvalue weighted by molar-refractivity contribution is 0.307. The van der Waals surface area contributed by atoms with E-state index in [0.29, 0.717) is 22.9 Å². The van der Waals surface area contributed by atoms with Gasteiger partial charge in [0.2, 0.25) is 5.95 Å². The third kappa shape index (κ3) is 3.87. The van der Waals surface area contributed by atoms with Crippen LogP contribution in [-0.4, -0.2) is 9.97 Å². The fourth-order valence-electron chi connectivity index (χ4n) is 2.36. The lowest BCUT2D eigenvalue weighted by Gasteiger charge is -2.13. The maximum atomic E-state index is 9.42. The Morgan fingerprint density at radius 3 is 2.54 bits per heavy atom. The summed E-state index contributed by atoms with van der Waals surface area (Å²) < 4.78 is 6.91. The van der Waals surface area contributed by atoms with Crippen LogP contribution in [0.15, 0.2) is 46.9 Å². The molecule has 2 aromatic carbocycles. The van der Waals surface area contributed by atoms with Crippen LogP contribution >= 0.6 is 27.5 Å². The van der Waals surface area contributed by atoms with Crippen molar-refractivity contribution in [3.8, 4) is 23.1 Å². The van der Waals surface area contributed by atoms with E-state index in [1.54, 1.807) is 18.2 Å². The SMILES string of the molecule is N#Cc1c(N)nc(N)nc1-c1cc(Cl)ccc1OCc1ccc(Br)cc1. The van der Waals surface area contributed by atoms with Gasteiger partial charge in [0, 0.05) is 15.1 Å². The van der Waals surface area contributed by atoms with Crippen molar-refractivity contribution in [3.63, 3.8) is 0 Å². The summed E-state index contributed by atoms with van der Waals surface area (Å²) in [5, 5.41) is 9.88. The predicted molar refractivity (Wildman–Crippen MR) is 104 cm³/mol. The van der Waals surface area contributed by atoms with Crippen LogP contribution in [0.1, 0.15) is 11.1 Å². The smallest absolute Gasteiger partial charge is 0.222 e. The second-order valence-electron chi connectivity index (χ2n) is 5.36. The van der Waals surface area contributed by atoms with E-state index in [1.807, 2.05) is 30.3 Å². The minimum Gasteiger partial charge on any atom is -0.488 e. The van der Waals surface area contributed by atoms with E-state index in [2.05, 4.69) is 25.9 Å². The fourth-order valence-corrected chi connectivity index (χ4v) is 2.79. The molecule has 0 atom stereocenters. The average molecular weight is 431 g/mol. The van der Waals surface area contributed by atoms with Gasteiger partial charge in [0.1, 0.15) is 29.8 Å². The highest BCUT2D eigenvalue weighted by atomic mass is 79.9. The molecule has 6 nitrogen and oxygen atoms in total. The Bertz CT molecular complexity index is 1000. The number of aromatic nitrogens is 2. The standard InChI is InChI=1S/C18H13BrClN5O/c19-11-3-1-10(2-4-11)9-26-15-6-5-12(20)7-13(15)16-14(8-21)17(22)25-18(23)24-16/h1-7H,9H2,(H4,22,23,24,25). The molecule has 1 aromatic heterocycles. The Morgan fingerprint density at radius 2 is 1.85 bits per heavy atom. The van der Waals surface area contributed by atoms with E-state index in [9.17, 15) is 5.26 Å². The zero-order chi connectivity index (χ0) is 18.7. The molecule has 0 saturated heterocycles. The molecule has 1 heterocycles. The number of nitriles is 1. The average Bonchev–Trinajstić information content (AvgIpc) is 2.61. The number of hydrogen-bond donors (Lipinski definition) is 2. The molecule has 8 heteroatoms. The van der Waals surface area contributed by atoms with Crippen molar-refractivity contribution in [1.82, 2.24) is 9.97 Å². The molecule has 0 bridgehead atoms. The maximum absolute atomic E-state index is 9.42. The van der Waals surface area contributed by atoms with Gasteiger partial charge in [-0.3, -0.25) is 0 Å². The van der Waals surface area contributed by atoms with Gasteiger partial charge in [-0.15, -0.1) is 0 Å². The van der Waals surface area contributed by atoms with Crippen LogP contribution in [0, 0.1) is 11.3 Å². The summed E-state index contributed by atoms with van der Waals surface area (Å²) in [5.74, 6) is 0.482. The molecule has 130 valence electrons. The number of benzene rings is 2. The van der Waals surface area contributed by atoms with Gasteiger partial charge < -0.3 is 16.2 Å². The third-order valence-electron chi connectivity index (χ3n) is 3.57. The number of hydrogen-bond acceptors (Lipinski definition) is 6. The first-order valence-corrected chi connectivity index (χ1v) is 8.65. The van der Waals surface area contributed by atoms with Crippen LogP contribution in [0.3, 0.4) is 0 Å². The van der Waals surface area contributed by atoms with Crippen LogP contribution in [-0.2, 0) is 6.61 Å². The highest BCUT2D eigenvalue weighted by Gasteiger charge is 2.17. The van der Waals surface area contributed by atoms with E-state index in [-0.39, 0.29) is 23.0 Å². The number of rotatable bonds is 4. The van der Waals surface area contributed by atoms with Crippen LogP contribution in [0.5, 0.6) is 5.75 Å². The first kappa shape index (κ1) is 18.0. The Balaban J connectivity index is 2.02. The van der Waals surface area contributed by atoms with Crippen molar-refractivity contribution in [3.05, 3.63) is 63.1 Å². The molecular weight excluding hydrogens is 418 g/mol. The molecule has 0 unspecified atom stereocenters. The van der Waals surface area contributed by atoms with Gasteiger partial charge in [0.15, 0.2) is 0 Å². The molecular formula is C18H13BrClN5O. The van der Waals surface area contributed by atoms with Crippen LogP contribution in [0.2, 0.25) is 5.02 Å². The summed E-state index contributed by atoms with van der Waals surface area (Å²) in [4.78, 5) is 7.99. The van der Waals surface area contributed by atoms with Gasteiger partial charge in [-0.2, -0.15) is 10.2 Å². The van der Waals surface area contributed by atoms with E-state index in [4.69, 9.17) is 27.8 Å². The lowest BCUT2D eigenvalue weighted by atomic mass is 10.1. The molecule has 0 fully saturated rings. The minimum atomic E-state index is -0.0321. The number of nitrogen functional groups attached to an aromatic ring is 2. The first-order valence-electron chi connectivity index (χ1n) is 7.48. The monoisotopic (exact) mass is 429 g/mol. The minimum absolute atomic E-state index is 0.00818. The Kier molecular flexibility index (Phi) is 5.26. The van der Waals surface area contributed by atoms with Crippen LogP contribution in [0.25, 0.3) is 11.3 Å². The quantitative estimate of drug-likeness (QED) is 0.642. The zero-order valence-electron chi connectivity index (χ0n) is 13.4. The normalized spacial score (nSPS) is 10.3. The molecule has 26 heavy (non-hydrogen) atoms. The van der Waals surface area contributed by atoms with Crippen molar-refractivity contribution < 1.29 is 4.74 Å². The summed E-state index contributed by atoms with van der Waals surface area (Å²) >= 11 is 9.52. The summed E-state index contributed by atoms with van der Waals surface area (Å²) in [5.41, 5.74) is 13.4. The predicted octanol–water partition coefficient (Wildman–Crippen LogP) is 4.17. The molecule has 0 aliphatic carbocycles. The van der Waals surface area contributed by atoms with Gasteiger partial charge in [0.05, 0.1) is 5.69 Å². The van der Waals surface area contributed by atoms with Crippen molar-refractivity contribution in [2.75, 3.05) is 11.5 Å². The van der Waals surface area contributed by atoms with Gasteiger partial charge in [0.25, 0.3) is 0 Å². The molecule has 0 radical (unpaired) electrons. The molecule has 3 rings (SSSR count). The van der Waals surface area contributed by atoms with E-state index in [1.165, 1.54) is 0 Å². The zero-order valence-corrected chi connectivity index (χ0v) is 15.8. The summed E-state index contributed by atoms with van der Waals surface area (Å²) in [7, 11) is 0. The summed E-state index contributed by atoms with van der Waals surface area (Å²) in [6.45, 7) is 0.333. The third-order valence-corrected chi connectivity index (χ3v) is 4.33. The molecule has 3 aromatic rings. The van der Waals surface area contributed by atoms with E-state index >= 15 is 0 Å². The molecule has 0 aliphatic rings. The number of nitrogens with two attached hydrogens (primary N) is 2. The Morgan fingerprint density at radius 1 is 1.12 bits per heavy atom. The number of halogens is 2. The van der Waals surface area contributed by atoms with Gasteiger partial charge in [-0.1, -0.05) is 39.7 Å². The second-order valence-corrected chi connectivity index (χ2v) is 6.71. The van der Waals surface area contributed by atoms with E-state index < -0.39 is 0 Å². The van der Waals surface area contributed by atoms with Gasteiger partial charge in [-0.05, 0) is 35.9 Å². The highest BCUT2D eigenvalue weighted by molar-refractivity contribution is 9.10. The molecule has 0 spiro atoms. The van der Waals surface area contributed by atoms with Crippen molar-refractivity contribution >= 4 is 39.3 Å². The van der Waals surface area contributed by atoms with Crippen molar-refractivity contribution in [2.45, 2.75) is 6.61 Å². The van der Waals surface area contributed by atoms with Crippen LogP contribution in [0.4, 0.5) is 11.8 Å². The number of anilines is 2. The van der Waals surface area contributed by atoms with E-state index in [0.717, 1.165) is 10.0 Å². The van der Waals surface area contributed by atoms with Crippen molar-refractivity contribution in [1.29, 1.82) is 5.26 Å². The molecule has 4 N–H and O–H groups in total. The first-order chi connectivity index (χ1) is 12.5. The lowest BCUT2D eigenvalue weighted by Crippen LogP contribution is -2.06. The number of nitrogens with zero attached hydrogens (tertiary/aromatic N) is 3. The topological polar surface area (TPSA) is 111 Å². The molecule has 0 aliphatic heterocycles. The van der Waals surface area contributed by atoms with Gasteiger partial charge in [-0.25, -0.2) is 4.98 Å². The summed E-state index contributed by atoms with van der Waals surface area (Å²) in [6, 6.07) is 14.8. The second kappa shape index (κ2) is 7.60. The summed E-state index contributed by atoms with van der Waals surface area (Å²) in [6.07, 6.45) is 0. The molecule has 0 amide bonds. The fraction of sp³-hybridized carbons (Fsp3) is 0.0556. The highest BCUT2D eigenvalue weighted by Crippen LogP contribution is 2.35.